The van der Waals surface area contributed by atoms with E-state index in [1.165, 1.54) is 24.8 Å². The number of rotatable bonds is 2. The van der Waals surface area contributed by atoms with E-state index in [0.29, 0.717) is 12.0 Å². The summed E-state index contributed by atoms with van der Waals surface area (Å²) in [6.07, 6.45) is 4.83. The Morgan fingerprint density at radius 1 is 1.31 bits per heavy atom. The van der Waals surface area contributed by atoms with Crippen LogP contribution in [-0.2, 0) is 0 Å². The van der Waals surface area contributed by atoms with Gasteiger partial charge in [0.15, 0.2) is 0 Å². The van der Waals surface area contributed by atoms with E-state index in [1.54, 1.807) is 6.07 Å². The van der Waals surface area contributed by atoms with Crippen LogP contribution >= 0.6 is 0 Å². The zero-order chi connectivity index (χ0) is 11.5. The van der Waals surface area contributed by atoms with Gasteiger partial charge in [0.1, 0.15) is 5.82 Å². The summed E-state index contributed by atoms with van der Waals surface area (Å²) in [5, 5.41) is 3.34. The summed E-state index contributed by atoms with van der Waals surface area (Å²) in [4.78, 5) is 0. The second-order valence-corrected chi connectivity index (χ2v) is 4.86. The highest BCUT2D eigenvalue weighted by atomic mass is 19.1. The van der Waals surface area contributed by atoms with Crippen LogP contribution in [0.15, 0.2) is 18.2 Å². The lowest BCUT2D eigenvalue weighted by Crippen LogP contribution is -2.30. The third-order valence-corrected chi connectivity index (χ3v) is 3.75. The first-order chi connectivity index (χ1) is 7.70. The average Bonchev–Trinajstić information content (AvgIpc) is 2.33. The lowest BCUT2D eigenvalue weighted by molar-refractivity contribution is 0.355. The third-order valence-electron chi connectivity index (χ3n) is 3.75. The van der Waals surface area contributed by atoms with Crippen LogP contribution in [0.1, 0.15) is 42.7 Å². The molecule has 2 rings (SSSR count). The summed E-state index contributed by atoms with van der Waals surface area (Å²) in [5.41, 5.74) is 1.91. The largest absolute Gasteiger partial charge is 0.317 e. The van der Waals surface area contributed by atoms with Gasteiger partial charge in [-0.1, -0.05) is 18.6 Å². The molecule has 0 aliphatic heterocycles. The van der Waals surface area contributed by atoms with Gasteiger partial charge in [-0.2, -0.15) is 0 Å². The zero-order valence-corrected chi connectivity index (χ0v) is 10.1. The molecule has 2 heteroatoms. The number of benzene rings is 1. The van der Waals surface area contributed by atoms with Crippen LogP contribution in [0.5, 0.6) is 0 Å². The molecule has 1 N–H and O–H groups in total. The van der Waals surface area contributed by atoms with Crippen molar-refractivity contribution in [2.45, 2.75) is 44.6 Å². The Morgan fingerprint density at radius 2 is 2.12 bits per heavy atom. The van der Waals surface area contributed by atoms with Crippen molar-refractivity contribution in [3.8, 4) is 0 Å². The molecule has 1 aliphatic carbocycles. The molecule has 0 radical (unpaired) electrons. The van der Waals surface area contributed by atoms with E-state index >= 15 is 0 Å². The Morgan fingerprint density at radius 3 is 2.81 bits per heavy atom. The highest BCUT2D eigenvalue weighted by Crippen LogP contribution is 2.33. The first-order valence-electron chi connectivity index (χ1n) is 6.14. The Bertz CT molecular complexity index is 362. The van der Waals surface area contributed by atoms with Gasteiger partial charge in [-0.25, -0.2) is 4.39 Å². The fourth-order valence-electron chi connectivity index (χ4n) is 2.62. The number of hydrogen-bond donors (Lipinski definition) is 1. The van der Waals surface area contributed by atoms with Gasteiger partial charge in [-0.15, -0.1) is 0 Å². The summed E-state index contributed by atoms with van der Waals surface area (Å²) >= 11 is 0. The van der Waals surface area contributed by atoms with E-state index in [1.807, 2.05) is 20.0 Å². The molecule has 1 aromatic rings. The molecule has 1 aliphatic rings. The van der Waals surface area contributed by atoms with Gasteiger partial charge in [-0.3, -0.25) is 0 Å². The van der Waals surface area contributed by atoms with Crippen LogP contribution in [-0.4, -0.2) is 13.1 Å². The monoisotopic (exact) mass is 221 g/mol. The Kier molecular flexibility index (Phi) is 3.59. The van der Waals surface area contributed by atoms with Crippen molar-refractivity contribution in [3.05, 3.63) is 35.1 Å². The van der Waals surface area contributed by atoms with Crippen molar-refractivity contribution < 1.29 is 4.39 Å². The molecular formula is C14H20FN. The highest BCUT2D eigenvalue weighted by molar-refractivity contribution is 5.26. The molecule has 88 valence electrons. The molecule has 1 saturated carbocycles. The fraction of sp³-hybridized carbons (Fsp3) is 0.571. The normalized spacial score (nSPS) is 25.7. The van der Waals surface area contributed by atoms with E-state index in [2.05, 4.69) is 11.4 Å². The van der Waals surface area contributed by atoms with Crippen LogP contribution < -0.4 is 5.32 Å². The maximum absolute atomic E-state index is 13.5. The molecule has 1 fully saturated rings. The first kappa shape index (κ1) is 11.6. The molecule has 0 amide bonds. The van der Waals surface area contributed by atoms with Gasteiger partial charge in [0.25, 0.3) is 0 Å². The lowest BCUT2D eigenvalue weighted by Gasteiger charge is -2.29. The predicted molar refractivity (Wildman–Crippen MR) is 65.2 cm³/mol. The van der Waals surface area contributed by atoms with Gasteiger partial charge in [0.05, 0.1) is 0 Å². The van der Waals surface area contributed by atoms with Crippen molar-refractivity contribution >= 4 is 0 Å². The Balaban J connectivity index is 2.13. The zero-order valence-electron chi connectivity index (χ0n) is 10.1. The summed E-state index contributed by atoms with van der Waals surface area (Å²) in [7, 11) is 2.02. The highest BCUT2D eigenvalue weighted by Gasteiger charge is 2.22. The van der Waals surface area contributed by atoms with E-state index in [-0.39, 0.29) is 5.82 Å². The minimum Gasteiger partial charge on any atom is -0.317 e. The summed E-state index contributed by atoms with van der Waals surface area (Å²) in [6, 6.07) is 6.30. The average molecular weight is 221 g/mol. The van der Waals surface area contributed by atoms with Crippen molar-refractivity contribution in [2.75, 3.05) is 7.05 Å². The predicted octanol–water partition coefficient (Wildman–Crippen LogP) is 3.38. The molecule has 0 aromatic heterocycles. The number of aryl methyl sites for hydroxylation is 1. The van der Waals surface area contributed by atoms with Crippen LogP contribution in [0.25, 0.3) is 0 Å². The topological polar surface area (TPSA) is 12.0 Å². The van der Waals surface area contributed by atoms with E-state index in [4.69, 9.17) is 0 Å². The molecule has 2 atom stereocenters. The second kappa shape index (κ2) is 4.96. The minimum absolute atomic E-state index is 0.0657. The van der Waals surface area contributed by atoms with Crippen LogP contribution in [0.2, 0.25) is 0 Å². The van der Waals surface area contributed by atoms with Gasteiger partial charge < -0.3 is 5.32 Å². The molecule has 0 heterocycles. The first-order valence-corrected chi connectivity index (χ1v) is 6.14. The summed E-state index contributed by atoms with van der Waals surface area (Å²) < 4.78 is 13.5. The van der Waals surface area contributed by atoms with Gasteiger partial charge in [-0.05, 0) is 56.3 Å². The Hall–Kier alpha value is -0.890. The standard InChI is InChI=1S/C14H20FN/c1-10-6-7-12(9-14(10)15)11-4-3-5-13(8-11)16-2/h6-7,9,11,13,16H,3-5,8H2,1-2H3. The maximum atomic E-state index is 13.5. The second-order valence-electron chi connectivity index (χ2n) is 4.86. The summed E-state index contributed by atoms with van der Waals surface area (Å²) in [6.45, 7) is 1.82. The quantitative estimate of drug-likeness (QED) is 0.807. The molecular weight excluding hydrogens is 201 g/mol. The number of halogens is 1. The molecule has 0 spiro atoms. The lowest BCUT2D eigenvalue weighted by atomic mass is 9.81. The molecule has 2 unspecified atom stereocenters. The molecule has 0 bridgehead atoms. The Labute approximate surface area is 97.1 Å². The molecule has 1 nitrogen and oxygen atoms in total. The SMILES string of the molecule is CNC1CCCC(c2ccc(C)c(F)c2)C1. The van der Waals surface area contributed by atoms with E-state index in [0.717, 1.165) is 12.0 Å². The van der Waals surface area contributed by atoms with Crippen LogP contribution in [0, 0.1) is 12.7 Å². The molecule has 0 saturated heterocycles. The van der Waals surface area contributed by atoms with Gasteiger partial charge in [0, 0.05) is 6.04 Å². The van der Waals surface area contributed by atoms with Gasteiger partial charge >= 0.3 is 0 Å². The van der Waals surface area contributed by atoms with Crippen molar-refractivity contribution in [1.29, 1.82) is 0 Å². The number of hydrogen-bond acceptors (Lipinski definition) is 1. The minimum atomic E-state index is -0.0657. The van der Waals surface area contributed by atoms with Crippen molar-refractivity contribution in [1.82, 2.24) is 5.32 Å². The fourth-order valence-corrected chi connectivity index (χ4v) is 2.62. The smallest absolute Gasteiger partial charge is 0.126 e. The van der Waals surface area contributed by atoms with Crippen LogP contribution in [0.4, 0.5) is 4.39 Å². The van der Waals surface area contributed by atoms with Crippen molar-refractivity contribution in [2.24, 2.45) is 0 Å². The maximum Gasteiger partial charge on any atom is 0.126 e. The van der Waals surface area contributed by atoms with Gasteiger partial charge in [0.2, 0.25) is 0 Å². The number of nitrogens with one attached hydrogen (secondary N) is 1. The summed E-state index contributed by atoms with van der Waals surface area (Å²) in [5.74, 6) is 0.463. The van der Waals surface area contributed by atoms with Crippen LogP contribution in [0.3, 0.4) is 0 Å². The van der Waals surface area contributed by atoms with E-state index in [9.17, 15) is 4.39 Å². The molecule has 1 aromatic carbocycles. The van der Waals surface area contributed by atoms with Crippen molar-refractivity contribution in [3.63, 3.8) is 0 Å². The molecule has 16 heavy (non-hydrogen) atoms. The van der Waals surface area contributed by atoms with E-state index < -0.39 is 0 Å². The third kappa shape index (κ3) is 2.43.